The van der Waals surface area contributed by atoms with E-state index in [1.165, 1.54) is 6.07 Å². The molecule has 0 aliphatic carbocycles. The first-order chi connectivity index (χ1) is 12.5. The maximum atomic E-state index is 14.3. The Balaban J connectivity index is 1.80. The molecule has 6 nitrogen and oxygen atoms in total. The Morgan fingerprint density at radius 3 is 2.77 bits per heavy atom. The van der Waals surface area contributed by atoms with E-state index >= 15 is 0 Å². The molecule has 0 aliphatic heterocycles. The normalized spacial score (nSPS) is 12.1. The minimum absolute atomic E-state index is 0.0925. The highest BCUT2D eigenvalue weighted by Crippen LogP contribution is 2.23. The maximum Gasteiger partial charge on any atom is 0.307 e. The lowest BCUT2D eigenvalue weighted by atomic mass is 10.1. The van der Waals surface area contributed by atoms with Gasteiger partial charge in [-0.05, 0) is 13.0 Å². The van der Waals surface area contributed by atoms with E-state index in [4.69, 9.17) is 0 Å². The summed E-state index contributed by atoms with van der Waals surface area (Å²) in [5.74, 6) is -0.156. The molecule has 0 aliphatic rings. The molecule has 1 unspecified atom stereocenters. The van der Waals surface area contributed by atoms with E-state index in [9.17, 15) is 14.0 Å². The fourth-order valence-corrected chi connectivity index (χ4v) is 3.53. The Hall–Kier alpha value is -2.74. The van der Waals surface area contributed by atoms with Gasteiger partial charge in [0.1, 0.15) is 17.7 Å². The Labute approximate surface area is 153 Å². The molecule has 2 heterocycles. The van der Waals surface area contributed by atoms with Crippen LogP contribution < -0.4 is 10.2 Å². The van der Waals surface area contributed by atoms with E-state index in [2.05, 4.69) is 10.3 Å². The fraction of sp³-hybridized carbons (Fsp3) is 0.278. The van der Waals surface area contributed by atoms with Crippen LogP contribution in [0.2, 0.25) is 0 Å². The number of nitrogens with zero attached hydrogens (tertiary/aromatic N) is 3. The second-order valence-corrected chi connectivity index (χ2v) is 6.78. The number of amides is 1. The number of nitrogens with one attached hydrogen (secondary N) is 1. The minimum atomic E-state index is -0.705. The van der Waals surface area contributed by atoms with Crippen LogP contribution >= 0.6 is 11.3 Å². The van der Waals surface area contributed by atoms with Crippen molar-refractivity contribution in [1.82, 2.24) is 19.4 Å². The van der Waals surface area contributed by atoms with E-state index < -0.39 is 11.9 Å². The van der Waals surface area contributed by atoms with Gasteiger partial charge in [0.05, 0.1) is 0 Å². The molecule has 136 valence electrons. The van der Waals surface area contributed by atoms with Crippen LogP contribution in [-0.4, -0.2) is 20.0 Å². The summed E-state index contributed by atoms with van der Waals surface area (Å²) in [5, 5.41) is 4.60. The minimum Gasteiger partial charge on any atom is -0.342 e. The average molecular weight is 374 g/mol. The molecule has 0 radical (unpaired) electrons. The van der Waals surface area contributed by atoms with Crippen molar-refractivity contribution in [3.63, 3.8) is 0 Å². The van der Waals surface area contributed by atoms with Gasteiger partial charge in [0, 0.05) is 49.0 Å². The molecule has 0 fully saturated rings. The lowest BCUT2D eigenvalue weighted by molar-refractivity contribution is -0.121. The number of rotatable bonds is 6. The number of aromatic nitrogens is 3. The van der Waals surface area contributed by atoms with Crippen molar-refractivity contribution >= 4 is 17.2 Å². The van der Waals surface area contributed by atoms with Gasteiger partial charge in [-0.2, -0.15) is 0 Å². The molecule has 2 aromatic heterocycles. The zero-order valence-electron chi connectivity index (χ0n) is 14.5. The van der Waals surface area contributed by atoms with E-state index in [0.29, 0.717) is 11.4 Å². The zero-order valence-corrected chi connectivity index (χ0v) is 15.3. The van der Waals surface area contributed by atoms with Gasteiger partial charge >= 0.3 is 4.87 Å². The second-order valence-electron chi connectivity index (χ2n) is 5.96. The van der Waals surface area contributed by atoms with Crippen molar-refractivity contribution in [2.75, 3.05) is 0 Å². The van der Waals surface area contributed by atoms with Gasteiger partial charge < -0.3 is 14.5 Å². The van der Waals surface area contributed by atoms with Crippen molar-refractivity contribution in [3.05, 3.63) is 74.6 Å². The third-order valence-electron chi connectivity index (χ3n) is 4.18. The van der Waals surface area contributed by atoms with Crippen LogP contribution in [0.5, 0.6) is 0 Å². The van der Waals surface area contributed by atoms with Gasteiger partial charge in [0.25, 0.3) is 0 Å². The van der Waals surface area contributed by atoms with Crippen molar-refractivity contribution in [1.29, 1.82) is 0 Å². The molecule has 1 aromatic carbocycles. The molecule has 3 rings (SSSR count). The van der Waals surface area contributed by atoms with E-state index in [1.54, 1.807) is 52.2 Å². The standard InChI is InChI=1S/C18H19FN4O2S/c1-12-11-26-18(25)23(12)9-7-15(24)21-16(17-20-8-10-22(17)2)13-5-3-4-6-14(13)19/h3-6,8,10-11,16H,7,9H2,1-2H3,(H,21,24). The molecule has 0 saturated heterocycles. The highest BCUT2D eigenvalue weighted by molar-refractivity contribution is 7.07. The third kappa shape index (κ3) is 3.75. The van der Waals surface area contributed by atoms with Crippen molar-refractivity contribution in [2.45, 2.75) is 25.9 Å². The van der Waals surface area contributed by atoms with Crippen molar-refractivity contribution in [2.24, 2.45) is 7.05 Å². The van der Waals surface area contributed by atoms with Crippen LogP contribution in [0.25, 0.3) is 0 Å². The van der Waals surface area contributed by atoms with Crippen LogP contribution in [0.1, 0.15) is 29.5 Å². The highest BCUT2D eigenvalue weighted by Gasteiger charge is 2.23. The Morgan fingerprint density at radius 1 is 1.38 bits per heavy atom. The first-order valence-electron chi connectivity index (χ1n) is 8.13. The zero-order chi connectivity index (χ0) is 18.7. The van der Waals surface area contributed by atoms with E-state index in [-0.39, 0.29) is 23.7 Å². The monoisotopic (exact) mass is 374 g/mol. The predicted octanol–water partition coefficient (Wildman–Crippen LogP) is 2.39. The van der Waals surface area contributed by atoms with Crippen LogP contribution in [0, 0.1) is 12.7 Å². The summed E-state index contributed by atoms with van der Waals surface area (Å²) in [6.45, 7) is 2.11. The molecule has 0 spiro atoms. The number of carbonyl (C=O) groups excluding carboxylic acids is 1. The number of halogens is 1. The van der Waals surface area contributed by atoms with Gasteiger partial charge in [0.2, 0.25) is 5.91 Å². The molecule has 1 atom stereocenters. The van der Waals surface area contributed by atoms with Gasteiger partial charge in [-0.1, -0.05) is 29.5 Å². The van der Waals surface area contributed by atoms with E-state index in [1.807, 2.05) is 6.92 Å². The molecule has 0 bridgehead atoms. The lowest BCUT2D eigenvalue weighted by Crippen LogP contribution is -2.32. The topological polar surface area (TPSA) is 68.9 Å². The SMILES string of the molecule is Cc1csc(=O)n1CCC(=O)NC(c1ccccc1F)c1nccn1C. The summed E-state index contributed by atoms with van der Waals surface area (Å²) in [5.41, 5.74) is 1.17. The van der Waals surface area contributed by atoms with Crippen LogP contribution in [0.3, 0.4) is 0 Å². The number of imidazole rings is 1. The smallest absolute Gasteiger partial charge is 0.307 e. The summed E-state index contributed by atoms with van der Waals surface area (Å²) in [6.07, 6.45) is 3.46. The molecule has 8 heteroatoms. The number of carbonyl (C=O) groups is 1. The first-order valence-corrected chi connectivity index (χ1v) is 9.01. The number of aryl methyl sites for hydroxylation is 2. The van der Waals surface area contributed by atoms with Gasteiger partial charge in [-0.25, -0.2) is 9.37 Å². The van der Waals surface area contributed by atoms with E-state index in [0.717, 1.165) is 17.0 Å². The molecule has 1 amide bonds. The second kappa shape index (κ2) is 7.65. The van der Waals surface area contributed by atoms with Gasteiger partial charge in [-0.15, -0.1) is 0 Å². The van der Waals surface area contributed by atoms with Crippen LogP contribution in [0.4, 0.5) is 4.39 Å². The highest BCUT2D eigenvalue weighted by atomic mass is 32.1. The fourth-order valence-electron chi connectivity index (χ4n) is 2.77. The van der Waals surface area contributed by atoms with Crippen LogP contribution in [-0.2, 0) is 18.4 Å². The summed E-state index contributed by atoms with van der Waals surface area (Å²) >= 11 is 1.11. The predicted molar refractivity (Wildman–Crippen MR) is 97.5 cm³/mol. The Kier molecular flexibility index (Phi) is 5.32. The lowest BCUT2D eigenvalue weighted by Gasteiger charge is -2.20. The number of hydrogen-bond donors (Lipinski definition) is 1. The molecule has 1 N–H and O–H groups in total. The quantitative estimate of drug-likeness (QED) is 0.720. The Morgan fingerprint density at radius 2 is 2.15 bits per heavy atom. The van der Waals surface area contributed by atoms with Crippen LogP contribution in [0.15, 0.2) is 46.8 Å². The maximum absolute atomic E-state index is 14.3. The molecule has 3 aromatic rings. The van der Waals surface area contributed by atoms with Gasteiger partial charge in [-0.3, -0.25) is 9.59 Å². The molecule has 26 heavy (non-hydrogen) atoms. The summed E-state index contributed by atoms with van der Waals surface area (Å²) in [4.78, 5) is 28.4. The van der Waals surface area contributed by atoms with Crippen molar-refractivity contribution in [3.8, 4) is 0 Å². The summed E-state index contributed by atoms with van der Waals surface area (Å²) < 4.78 is 17.6. The number of hydrogen-bond acceptors (Lipinski definition) is 4. The molecular formula is C18H19FN4O2S. The summed E-state index contributed by atoms with van der Waals surface area (Å²) in [6, 6.07) is 5.59. The Bertz CT molecular complexity index is 975. The third-order valence-corrected chi connectivity index (χ3v) is 5.06. The molecular weight excluding hydrogens is 355 g/mol. The summed E-state index contributed by atoms with van der Waals surface area (Å²) in [7, 11) is 1.79. The number of thiazole rings is 1. The largest absolute Gasteiger partial charge is 0.342 e. The number of benzene rings is 1. The average Bonchev–Trinajstić information content (AvgIpc) is 3.17. The first kappa shape index (κ1) is 18.1. The molecule has 0 saturated carbocycles. The van der Waals surface area contributed by atoms with Gasteiger partial charge in [0.15, 0.2) is 0 Å². The van der Waals surface area contributed by atoms with Crippen molar-refractivity contribution < 1.29 is 9.18 Å².